The number of anilines is 2. The lowest BCUT2D eigenvalue weighted by Crippen LogP contribution is -2.33. The van der Waals surface area contributed by atoms with Crippen LogP contribution in [-0.4, -0.2) is 53.5 Å². The normalized spacial score (nSPS) is 21.4. The van der Waals surface area contributed by atoms with Crippen molar-refractivity contribution in [2.75, 3.05) is 42.9 Å². The fourth-order valence-electron chi connectivity index (χ4n) is 4.06. The highest BCUT2D eigenvalue weighted by Gasteiger charge is 2.42. The summed E-state index contributed by atoms with van der Waals surface area (Å²) in [6, 6.07) is 9.10. The Morgan fingerprint density at radius 3 is 2.44 bits per heavy atom. The van der Waals surface area contributed by atoms with Crippen LogP contribution in [0.15, 0.2) is 30.3 Å². The maximum atomic E-state index is 12.7. The van der Waals surface area contributed by atoms with Gasteiger partial charge in [0.25, 0.3) is 5.91 Å². The number of likely N-dealkylation sites (tertiary alicyclic amines) is 1. The van der Waals surface area contributed by atoms with Crippen molar-refractivity contribution in [3.05, 3.63) is 46.6 Å². The monoisotopic (exact) mass is 385 g/mol. The van der Waals surface area contributed by atoms with E-state index in [1.165, 1.54) is 0 Å². The molecule has 27 heavy (non-hydrogen) atoms. The Bertz CT molecular complexity index is 827. The summed E-state index contributed by atoms with van der Waals surface area (Å²) in [4.78, 5) is 26.2. The molecule has 1 N–H and O–H groups in total. The van der Waals surface area contributed by atoms with E-state index in [4.69, 9.17) is 11.6 Å². The molecule has 2 aromatic rings. The van der Waals surface area contributed by atoms with Crippen LogP contribution < -0.4 is 10.2 Å². The molecule has 2 unspecified atom stereocenters. The smallest absolute Gasteiger partial charge is 0.253 e. The van der Waals surface area contributed by atoms with Gasteiger partial charge in [-0.25, -0.2) is 4.98 Å². The number of carbonyl (C=O) groups is 1. The number of hydrogen-bond acceptors (Lipinski definition) is 5. The highest BCUT2D eigenvalue weighted by atomic mass is 35.5. The summed E-state index contributed by atoms with van der Waals surface area (Å²) in [5.41, 5.74) is 1.67. The molecule has 7 heteroatoms. The molecular formula is C20H24ClN5O. The molecular weight excluding hydrogens is 362 g/mol. The van der Waals surface area contributed by atoms with Gasteiger partial charge in [-0.2, -0.15) is 4.98 Å². The molecule has 1 aromatic heterocycles. The second kappa shape index (κ2) is 7.35. The van der Waals surface area contributed by atoms with Crippen LogP contribution >= 0.6 is 11.6 Å². The Hall–Kier alpha value is -2.34. The van der Waals surface area contributed by atoms with Crippen molar-refractivity contribution in [1.29, 1.82) is 0 Å². The van der Waals surface area contributed by atoms with Crippen LogP contribution in [0.25, 0.3) is 0 Å². The summed E-state index contributed by atoms with van der Waals surface area (Å²) in [7, 11) is 0. The number of halogens is 1. The van der Waals surface area contributed by atoms with Gasteiger partial charge in [0.15, 0.2) is 0 Å². The Labute approximate surface area is 164 Å². The largest absolute Gasteiger partial charge is 0.370 e. The maximum absolute atomic E-state index is 12.7. The van der Waals surface area contributed by atoms with Crippen molar-refractivity contribution in [3.63, 3.8) is 0 Å². The molecule has 2 atom stereocenters. The van der Waals surface area contributed by atoms with Crippen molar-refractivity contribution in [1.82, 2.24) is 14.9 Å². The first-order valence-corrected chi connectivity index (χ1v) is 9.80. The van der Waals surface area contributed by atoms with Crippen molar-refractivity contribution < 1.29 is 4.79 Å². The van der Waals surface area contributed by atoms with E-state index in [0.717, 1.165) is 50.2 Å². The van der Waals surface area contributed by atoms with Crippen LogP contribution in [0.3, 0.4) is 0 Å². The van der Waals surface area contributed by atoms with Crippen molar-refractivity contribution in [2.24, 2.45) is 11.8 Å². The van der Waals surface area contributed by atoms with Crippen LogP contribution in [0, 0.1) is 18.8 Å². The minimum Gasteiger partial charge on any atom is -0.370 e. The Morgan fingerprint density at radius 2 is 1.81 bits per heavy atom. The van der Waals surface area contributed by atoms with Gasteiger partial charge in [-0.15, -0.1) is 0 Å². The number of carbonyl (C=O) groups excluding carboxylic acids is 1. The lowest BCUT2D eigenvalue weighted by atomic mass is 10.0. The second-order valence-electron chi connectivity index (χ2n) is 7.37. The maximum Gasteiger partial charge on any atom is 0.253 e. The summed E-state index contributed by atoms with van der Waals surface area (Å²) in [6.45, 7) is 8.25. The van der Waals surface area contributed by atoms with E-state index in [9.17, 15) is 4.79 Å². The van der Waals surface area contributed by atoms with Crippen molar-refractivity contribution >= 4 is 29.3 Å². The van der Waals surface area contributed by atoms with E-state index >= 15 is 0 Å². The second-order valence-corrected chi connectivity index (χ2v) is 7.80. The van der Waals surface area contributed by atoms with E-state index in [1.807, 2.05) is 17.9 Å². The van der Waals surface area contributed by atoms with E-state index < -0.39 is 0 Å². The quantitative estimate of drug-likeness (QED) is 0.876. The van der Waals surface area contributed by atoms with Crippen molar-refractivity contribution in [2.45, 2.75) is 13.8 Å². The van der Waals surface area contributed by atoms with E-state index in [0.29, 0.717) is 22.4 Å². The zero-order valence-electron chi connectivity index (χ0n) is 15.7. The molecule has 6 nitrogen and oxygen atoms in total. The van der Waals surface area contributed by atoms with Gasteiger partial charge in [0.05, 0.1) is 0 Å². The molecule has 4 rings (SSSR count). The van der Waals surface area contributed by atoms with Crippen LogP contribution in [0.1, 0.15) is 23.0 Å². The molecule has 2 aliphatic heterocycles. The van der Waals surface area contributed by atoms with E-state index in [-0.39, 0.29) is 5.91 Å². The average molecular weight is 386 g/mol. The summed E-state index contributed by atoms with van der Waals surface area (Å²) in [5.74, 6) is 2.68. The number of benzene rings is 1. The highest BCUT2D eigenvalue weighted by Crippen LogP contribution is 2.34. The number of aryl methyl sites for hydroxylation is 1. The number of hydrogen-bond donors (Lipinski definition) is 1. The van der Waals surface area contributed by atoms with Gasteiger partial charge in [-0.1, -0.05) is 11.6 Å². The lowest BCUT2D eigenvalue weighted by Gasteiger charge is -2.22. The third kappa shape index (κ3) is 3.72. The summed E-state index contributed by atoms with van der Waals surface area (Å²) in [5, 5.41) is 3.92. The molecule has 0 saturated carbocycles. The number of rotatable bonds is 4. The Balaban J connectivity index is 1.42. The van der Waals surface area contributed by atoms with Gasteiger partial charge < -0.3 is 15.1 Å². The molecule has 3 heterocycles. The number of aromatic nitrogens is 2. The molecule has 0 spiro atoms. The summed E-state index contributed by atoms with van der Waals surface area (Å²) >= 11 is 5.92. The zero-order chi connectivity index (χ0) is 19.0. The van der Waals surface area contributed by atoms with E-state index in [2.05, 4.69) is 27.1 Å². The van der Waals surface area contributed by atoms with Crippen LogP contribution in [0.4, 0.5) is 11.8 Å². The van der Waals surface area contributed by atoms with Crippen molar-refractivity contribution in [3.8, 4) is 0 Å². The lowest BCUT2D eigenvalue weighted by molar-refractivity contribution is 0.0782. The van der Waals surface area contributed by atoms with Crippen LogP contribution in [0.2, 0.25) is 5.02 Å². The molecule has 0 bridgehead atoms. The average Bonchev–Trinajstić information content (AvgIpc) is 3.21. The molecule has 2 fully saturated rings. The zero-order valence-corrected chi connectivity index (χ0v) is 16.4. The SMILES string of the molecule is CCNc1cc(C)nc(N2CC3CN(C(=O)c4ccc(Cl)cc4)CC3C2)n1. The van der Waals surface area contributed by atoms with Gasteiger partial charge >= 0.3 is 0 Å². The Kier molecular flexibility index (Phi) is 4.91. The molecule has 0 radical (unpaired) electrons. The van der Waals surface area contributed by atoms with Gasteiger partial charge in [0.1, 0.15) is 5.82 Å². The molecule has 1 aromatic carbocycles. The molecule has 0 aliphatic carbocycles. The first-order chi connectivity index (χ1) is 13.0. The first-order valence-electron chi connectivity index (χ1n) is 9.43. The number of nitrogens with zero attached hydrogens (tertiary/aromatic N) is 4. The highest BCUT2D eigenvalue weighted by molar-refractivity contribution is 6.30. The topological polar surface area (TPSA) is 61.4 Å². The van der Waals surface area contributed by atoms with Gasteiger partial charge in [-0.3, -0.25) is 4.79 Å². The molecule has 2 aliphatic rings. The number of nitrogens with one attached hydrogen (secondary N) is 1. The van der Waals surface area contributed by atoms with Crippen LogP contribution in [0.5, 0.6) is 0 Å². The third-order valence-electron chi connectivity index (χ3n) is 5.35. The van der Waals surface area contributed by atoms with Gasteiger partial charge in [-0.05, 0) is 38.1 Å². The fraction of sp³-hybridized carbons (Fsp3) is 0.450. The third-order valence-corrected chi connectivity index (χ3v) is 5.60. The van der Waals surface area contributed by atoms with Gasteiger partial charge in [0, 0.05) is 66.9 Å². The minimum atomic E-state index is 0.0915. The van der Waals surface area contributed by atoms with Gasteiger partial charge in [0.2, 0.25) is 5.95 Å². The standard InChI is InChI=1S/C20H24ClN5O/c1-3-22-18-8-13(2)23-20(24-18)26-11-15-9-25(10-16(15)12-26)19(27)14-4-6-17(21)7-5-14/h4-8,15-16H,3,9-12H2,1-2H3,(H,22,23,24). The molecule has 2 saturated heterocycles. The summed E-state index contributed by atoms with van der Waals surface area (Å²) < 4.78 is 0. The van der Waals surface area contributed by atoms with E-state index in [1.54, 1.807) is 24.3 Å². The first kappa shape index (κ1) is 18.0. The summed E-state index contributed by atoms with van der Waals surface area (Å²) in [6.07, 6.45) is 0. The van der Waals surface area contributed by atoms with Crippen LogP contribution in [-0.2, 0) is 0 Å². The molecule has 142 valence electrons. The fourth-order valence-corrected chi connectivity index (χ4v) is 4.19. The number of amides is 1. The minimum absolute atomic E-state index is 0.0915. The number of fused-ring (bicyclic) bond motifs is 1. The predicted molar refractivity (Wildman–Crippen MR) is 107 cm³/mol. The predicted octanol–water partition coefficient (Wildman–Crippen LogP) is 3.08. The molecule has 1 amide bonds. The Morgan fingerprint density at radius 1 is 1.15 bits per heavy atom.